The number of aliphatic hydroxyl groups is 1. The molecule has 1 aromatic rings. The lowest BCUT2D eigenvalue weighted by atomic mass is 9.90. The van der Waals surface area contributed by atoms with E-state index in [0.29, 0.717) is 19.2 Å². The van der Waals surface area contributed by atoms with Crippen molar-refractivity contribution in [2.24, 2.45) is 0 Å². The number of rotatable bonds is 4. The summed E-state index contributed by atoms with van der Waals surface area (Å²) in [6, 6.07) is 8.42. The van der Waals surface area contributed by atoms with E-state index < -0.39 is 5.60 Å². The number of carbonyl (C=O) groups excluding carboxylic acids is 1. The first kappa shape index (κ1) is 18.2. The minimum atomic E-state index is -0.791. The van der Waals surface area contributed by atoms with Gasteiger partial charge in [0.25, 0.3) is 0 Å². The van der Waals surface area contributed by atoms with Gasteiger partial charge in [0.2, 0.25) is 5.91 Å². The maximum atomic E-state index is 11.5. The summed E-state index contributed by atoms with van der Waals surface area (Å²) in [5, 5.41) is 11.0. The second-order valence-electron chi connectivity index (χ2n) is 7.64. The minimum absolute atomic E-state index is 0.167. The van der Waals surface area contributed by atoms with Crippen LogP contribution in [-0.2, 0) is 4.79 Å². The summed E-state index contributed by atoms with van der Waals surface area (Å²) in [6.07, 6.45) is 3.76. The third-order valence-electron chi connectivity index (χ3n) is 5.54. The molecule has 138 valence electrons. The molecular weight excluding hydrogens is 316 g/mol. The van der Waals surface area contributed by atoms with E-state index in [4.69, 9.17) is 4.74 Å². The zero-order chi connectivity index (χ0) is 17.9. The van der Waals surface area contributed by atoms with Crippen LogP contribution in [0.1, 0.15) is 38.2 Å². The van der Waals surface area contributed by atoms with E-state index in [0.717, 1.165) is 51.1 Å². The molecular formula is C20H30N2O3. The third-order valence-corrected chi connectivity index (χ3v) is 5.54. The lowest BCUT2D eigenvalue weighted by Gasteiger charge is -2.45. The molecule has 1 aromatic carbocycles. The van der Waals surface area contributed by atoms with Gasteiger partial charge in [0.05, 0.1) is 0 Å². The monoisotopic (exact) mass is 346 g/mol. The first-order valence-electron chi connectivity index (χ1n) is 9.37. The van der Waals surface area contributed by atoms with Crippen LogP contribution in [0.25, 0.3) is 0 Å². The van der Waals surface area contributed by atoms with Crippen LogP contribution < -0.4 is 4.74 Å². The number of β-amino-alcohol motifs (C(OH)–C–C–N with tert-alkyl or cyclic N) is 1. The van der Waals surface area contributed by atoms with Crippen LogP contribution in [0.4, 0.5) is 0 Å². The fourth-order valence-electron chi connectivity index (χ4n) is 3.97. The average molecular weight is 346 g/mol. The number of nitrogens with zero attached hydrogens (tertiary/aromatic N) is 2. The molecule has 25 heavy (non-hydrogen) atoms. The molecule has 0 aromatic heterocycles. The van der Waals surface area contributed by atoms with Gasteiger partial charge in [-0.3, -0.25) is 9.69 Å². The number of carbonyl (C=O) groups is 1. The Hall–Kier alpha value is -1.59. The highest BCUT2D eigenvalue weighted by atomic mass is 16.5. The Balaban J connectivity index is 1.53. The molecule has 5 nitrogen and oxygen atoms in total. The van der Waals surface area contributed by atoms with E-state index in [-0.39, 0.29) is 5.91 Å². The second-order valence-corrected chi connectivity index (χ2v) is 7.64. The molecule has 0 aliphatic carbocycles. The first-order chi connectivity index (χ1) is 12.0. The Morgan fingerprint density at radius 3 is 2.56 bits per heavy atom. The highest BCUT2D eigenvalue weighted by Crippen LogP contribution is 2.27. The topological polar surface area (TPSA) is 53.0 Å². The van der Waals surface area contributed by atoms with Gasteiger partial charge in [-0.2, -0.15) is 0 Å². The highest BCUT2D eigenvalue weighted by Gasteiger charge is 2.37. The van der Waals surface area contributed by atoms with Crippen molar-refractivity contribution in [1.82, 2.24) is 9.80 Å². The van der Waals surface area contributed by atoms with Gasteiger partial charge >= 0.3 is 0 Å². The van der Waals surface area contributed by atoms with Gasteiger partial charge in [-0.05, 0) is 51.3 Å². The Morgan fingerprint density at radius 1 is 1.24 bits per heavy atom. The molecule has 1 amide bonds. The van der Waals surface area contributed by atoms with E-state index in [2.05, 4.69) is 4.90 Å². The number of hydrogen-bond acceptors (Lipinski definition) is 4. The summed E-state index contributed by atoms with van der Waals surface area (Å²) in [4.78, 5) is 15.8. The lowest BCUT2D eigenvalue weighted by Crippen LogP contribution is -2.56. The summed E-state index contributed by atoms with van der Waals surface area (Å²) >= 11 is 0. The lowest BCUT2D eigenvalue weighted by molar-refractivity contribution is -0.131. The van der Waals surface area contributed by atoms with Gasteiger partial charge in [0.15, 0.2) is 0 Å². The molecule has 0 spiro atoms. The van der Waals surface area contributed by atoms with E-state index in [1.807, 2.05) is 36.1 Å². The molecule has 0 saturated carbocycles. The van der Waals surface area contributed by atoms with E-state index >= 15 is 0 Å². The number of likely N-dealkylation sites (tertiary alicyclic amines) is 2. The van der Waals surface area contributed by atoms with Gasteiger partial charge in [0, 0.05) is 32.6 Å². The van der Waals surface area contributed by atoms with Crippen molar-refractivity contribution in [3.8, 4) is 5.75 Å². The highest BCUT2D eigenvalue weighted by molar-refractivity contribution is 5.73. The van der Waals surface area contributed by atoms with Gasteiger partial charge in [-0.15, -0.1) is 0 Å². The molecule has 1 N–H and O–H groups in total. The largest absolute Gasteiger partial charge is 0.491 e. The Bertz CT molecular complexity index is 581. The first-order valence-corrected chi connectivity index (χ1v) is 9.37. The predicted molar refractivity (Wildman–Crippen MR) is 97.7 cm³/mol. The maximum Gasteiger partial charge on any atom is 0.219 e. The van der Waals surface area contributed by atoms with Crippen molar-refractivity contribution in [2.45, 2.75) is 51.2 Å². The molecule has 0 radical (unpaired) electrons. The zero-order valence-electron chi connectivity index (χ0n) is 15.4. The molecule has 2 aliphatic rings. The van der Waals surface area contributed by atoms with Crippen molar-refractivity contribution in [1.29, 1.82) is 0 Å². The van der Waals surface area contributed by atoms with Crippen LogP contribution in [0.5, 0.6) is 5.75 Å². The van der Waals surface area contributed by atoms with Crippen LogP contribution in [0.2, 0.25) is 0 Å². The van der Waals surface area contributed by atoms with Crippen molar-refractivity contribution < 1.29 is 14.6 Å². The number of aryl methyl sites for hydroxylation is 1. The minimum Gasteiger partial charge on any atom is -0.491 e. The van der Waals surface area contributed by atoms with Crippen LogP contribution in [-0.4, -0.2) is 65.2 Å². The van der Waals surface area contributed by atoms with E-state index in [1.165, 1.54) is 5.56 Å². The fraction of sp³-hybridized carbons (Fsp3) is 0.650. The molecule has 3 rings (SSSR count). The number of hydrogen-bond donors (Lipinski definition) is 1. The molecule has 2 fully saturated rings. The summed E-state index contributed by atoms with van der Waals surface area (Å²) in [5.74, 6) is 0.978. The van der Waals surface area contributed by atoms with E-state index in [9.17, 15) is 9.90 Å². The van der Waals surface area contributed by atoms with Crippen LogP contribution in [0.15, 0.2) is 24.3 Å². The summed E-state index contributed by atoms with van der Waals surface area (Å²) in [5.41, 5.74) is 0.410. The quantitative estimate of drug-likeness (QED) is 0.908. The van der Waals surface area contributed by atoms with E-state index in [1.54, 1.807) is 6.92 Å². The number of amides is 1. The molecule has 2 aliphatic heterocycles. The molecule has 0 unspecified atom stereocenters. The SMILES string of the molecule is CC(=O)N1CCC(N2CCC[C@@](O)(COc3ccc(C)cc3)C2)CC1. The third kappa shape index (κ3) is 4.73. The normalized spacial score (nSPS) is 25.8. The number of piperidine rings is 2. The molecule has 5 heteroatoms. The van der Waals surface area contributed by atoms with Gasteiger partial charge < -0.3 is 14.7 Å². The fourth-order valence-corrected chi connectivity index (χ4v) is 3.97. The molecule has 0 bridgehead atoms. The molecule has 2 saturated heterocycles. The van der Waals surface area contributed by atoms with Crippen molar-refractivity contribution in [3.05, 3.63) is 29.8 Å². The summed E-state index contributed by atoms with van der Waals surface area (Å²) < 4.78 is 5.86. The van der Waals surface area contributed by atoms with Gasteiger partial charge in [0.1, 0.15) is 18.0 Å². The van der Waals surface area contributed by atoms with Gasteiger partial charge in [-0.1, -0.05) is 17.7 Å². The standard InChI is InChI=1S/C20H30N2O3/c1-16-4-6-19(7-5-16)25-15-20(24)10-3-11-22(14-20)18-8-12-21(13-9-18)17(2)23/h4-7,18,24H,3,8-15H2,1-2H3/t20-/m0/s1. The number of ether oxygens (including phenoxy) is 1. The van der Waals surface area contributed by atoms with Crippen LogP contribution in [0, 0.1) is 6.92 Å². The Kier molecular flexibility index (Phi) is 5.64. The second kappa shape index (κ2) is 7.75. The summed E-state index contributed by atoms with van der Waals surface area (Å²) in [6.45, 7) is 7.36. The van der Waals surface area contributed by atoms with Crippen molar-refractivity contribution in [3.63, 3.8) is 0 Å². The number of benzene rings is 1. The van der Waals surface area contributed by atoms with Crippen molar-refractivity contribution >= 4 is 5.91 Å². The van der Waals surface area contributed by atoms with Crippen LogP contribution in [0.3, 0.4) is 0 Å². The average Bonchev–Trinajstić information content (AvgIpc) is 2.61. The molecule has 2 heterocycles. The zero-order valence-corrected chi connectivity index (χ0v) is 15.4. The predicted octanol–water partition coefficient (Wildman–Crippen LogP) is 2.21. The van der Waals surface area contributed by atoms with Crippen molar-refractivity contribution in [2.75, 3.05) is 32.8 Å². The smallest absolute Gasteiger partial charge is 0.219 e. The molecule has 1 atom stereocenters. The Labute approximate surface area is 150 Å². The maximum absolute atomic E-state index is 11.5. The van der Waals surface area contributed by atoms with Gasteiger partial charge in [-0.25, -0.2) is 0 Å². The summed E-state index contributed by atoms with van der Waals surface area (Å²) in [7, 11) is 0. The van der Waals surface area contributed by atoms with Crippen LogP contribution >= 0.6 is 0 Å². The Morgan fingerprint density at radius 2 is 1.92 bits per heavy atom.